The summed E-state index contributed by atoms with van der Waals surface area (Å²) in [7, 11) is -4.27. The van der Waals surface area contributed by atoms with Gasteiger partial charge in [0.25, 0.3) is 0 Å². The number of ether oxygens (including phenoxy) is 2. The molecule has 0 saturated carbocycles. The quantitative estimate of drug-likeness (QED) is 0.0212. The number of phosphoric ester groups is 1. The van der Waals surface area contributed by atoms with Crippen LogP contribution in [0.1, 0.15) is 174 Å². The molecule has 0 radical (unpaired) electrons. The van der Waals surface area contributed by atoms with Gasteiger partial charge in [-0.3, -0.25) is 13.8 Å². The molecule has 3 N–H and O–H groups in total. The standard InChI is InChI=1S/C41H76NO7P/c1-3-5-7-9-11-13-15-17-19-20-21-22-24-26-28-30-32-34-41(43)47-38-40(39-49-50(44,45)48-37-35-42)46-36-33-31-29-27-25-23-18-16-14-12-10-8-6-4-2/h17,19,21-22,26,28,33,36,40H,3-16,18,20,23-25,27,29-32,34-35,37-39,42H2,1-2H3,(H,44,45). The molecular formula is C41H76NO7P. The van der Waals surface area contributed by atoms with E-state index in [1.165, 1.54) is 116 Å². The zero-order valence-corrected chi connectivity index (χ0v) is 33.0. The maximum Gasteiger partial charge on any atom is 0.472 e. The smallest absolute Gasteiger partial charge is 0.472 e. The molecule has 2 atom stereocenters. The Morgan fingerprint density at radius 3 is 1.60 bits per heavy atom. The number of unbranched alkanes of at least 4 members (excludes halogenated alkanes) is 19. The van der Waals surface area contributed by atoms with Gasteiger partial charge in [-0.05, 0) is 57.4 Å². The highest BCUT2D eigenvalue weighted by Crippen LogP contribution is 2.43. The average Bonchev–Trinajstić information content (AvgIpc) is 3.11. The highest BCUT2D eigenvalue weighted by molar-refractivity contribution is 7.47. The Morgan fingerprint density at radius 2 is 1.08 bits per heavy atom. The van der Waals surface area contributed by atoms with Crippen molar-refractivity contribution in [2.75, 3.05) is 26.4 Å². The molecular weight excluding hydrogens is 649 g/mol. The van der Waals surface area contributed by atoms with Crippen molar-refractivity contribution in [3.8, 4) is 0 Å². The monoisotopic (exact) mass is 726 g/mol. The van der Waals surface area contributed by atoms with Gasteiger partial charge in [-0.1, -0.05) is 153 Å². The van der Waals surface area contributed by atoms with Crippen molar-refractivity contribution in [3.05, 3.63) is 48.8 Å². The summed E-state index contributed by atoms with van der Waals surface area (Å²) >= 11 is 0. The zero-order valence-electron chi connectivity index (χ0n) is 32.1. The Morgan fingerprint density at radius 1 is 0.620 bits per heavy atom. The van der Waals surface area contributed by atoms with E-state index >= 15 is 0 Å². The number of esters is 1. The van der Waals surface area contributed by atoms with E-state index in [-0.39, 0.29) is 38.8 Å². The number of allylic oxidation sites excluding steroid dienone is 7. The first-order chi connectivity index (χ1) is 24.4. The third kappa shape index (κ3) is 37.6. The first kappa shape index (κ1) is 48.3. The molecule has 0 rings (SSSR count). The summed E-state index contributed by atoms with van der Waals surface area (Å²) in [5.74, 6) is -0.341. The lowest BCUT2D eigenvalue weighted by molar-refractivity contribution is -0.147. The number of hydrogen-bond donors (Lipinski definition) is 2. The molecule has 0 aliphatic heterocycles. The van der Waals surface area contributed by atoms with E-state index in [9.17, 15) is 14.3 Å². The molecule has 0 aromatic carbocycles. The van der Waals surface area contributed by atoms with E-state index in [1.54, 1.807) is 6.26 Å². The minimum atomic E-state index is -4.27. The van der Waals surface area contributed by atoms with E-state index in [2.05, 4.69) is 50.3 Å². The van der Waals surface area contributed by atoms with Crippen LogP contribution >= 0.6 is 7.82 Å². The topological polar surface area (TPSA) is 117 Å². The third-order valence-electron chi connectivity index (χ3n) is 8.34. The molecule has 292 valence electrons. The number of nitrogens with two attached hydrogens (primary N) is 1. The lowest BCUT2D eigenvalue weighted by atomic mass is 10.0. The largest absolute Gasteiger partial charge is 0.492 e. The van der Waals surface area contributed by atoms with Crippen LogP contribution in [0.4, 0.5) is 0 Å². The van der Waals surface area contributed by atoms with Crippen molar-refractivity contribution in [1.82, 2.24) is 0 Å². The van der Waals surface area contributed by atoms with Crippen LogP contribution in [-0.2, 0) is 27.9 Å². The molecule has 0 saturated heterocycles. The second-order valence-electron chi connectivity index (χ2n) is 13.2. The van der Waals surface area contributed by atoms with Crippen LogP contribution in [0.3, 0.4) is 0 Å². The summed E-state index contributed by atoms with van der Waals surface area (Å²) in [6, 6.07) is 0. The van der Waals surface area contributed by atoms with Crippen molar-refractivity contribution in [2.45, 2.75) is 180 Å². The summed E-state index contributed by atoms with van der Waals surface area (Å²) < 4.78 is 33.1. The highest BCUT2D eigenvalue weighted by atomic mass is 31.2. The van der Waals surface area contributed by atoms with Gasteiger partial charge in [-0.2, -0.15) is 0 Å². The fourth-order valence-electron chi connectivity index (χ4n) is 5.29. The predicted molar refractivity (Wildman–Crippen MR) is 210 cm³/mol. The zero-order chi connectivity index (χ0) is 36.6. The number of phosphoric acid groups is 1. The summed E-state index contributed by atoms with van der Waals surface area (Å²) in [5.41, 5.74) is 5.35. The highest BCUT2D eigenvalue weighted by Gasteiger charge is 2.24. The minimum Gasteiger partial charge on any atom is -0.492 e. The Hall–Kier alpha value is -1.70. The van der Waals surface area contributed by atoms with Crippen LogP contribution in [0.15, 0.2) is 48.8 Å². The third-order valence-corrected chi connectivity index (χ3v) is 9.32. The molecule has 0 aromatic rings. The number of hydrogen-bond acceptors (Lipinski definition) is 7. The fraction of sp³-hybridized carbons (Fsp3) is 0.780. The maximum absolute atomic E-state index is 12.3. The van der Waals surface area contributed by atoms with Gasteiger partial charge in [0.15, 0.2) is 6.10 Å². The normalized spacial score (nSPS) is 14.0. The Labute approximate surface area is 307 Å². The molecule has 0 heterocycles. The Balaban J connectivity index is 4.20. The Kier molecular flexibility index (Phi) is 37.2. The van der Waals surface area contributed by atoms with Crippen LogP contribution in [0.5, 0.6) is 0 Å². The fourth-order valence-corrected chi connectivity index (χ4v) is 6.06. The van der Waals surface area contributed by atoms with E-state index in [0.29, 0.717) is 6.42 Å². The van der Waals surface area contributed by atoms with Gasteiger partial charge in [0, 0.05) is 13.0 Å². The second kappa shape index (κ2) is 38.5. The SMILES string of the molecule is CCCCCCCCC=CCC=CCC=CCCCC(=O)OCC(COP(=O)(O)OCCN)OC=CCCCCCCCCCCCCCC. The molecule has 0 fully saturated rings. The van der Waals surface area contributed by atoms with Gasteiger partial charge >= 0.3 is 13.8 Å². The molecule has 0 spiro atoms. The summed E-state index contributed by atoms with van der Waals surface area (Å²) in [6.07, 6.45) is 45.2. The molecule has 0 aliphatic rings. The van der Waals surface area contributed by atoms with E-state index in [4.69, 9.17) is 24.3 Å². The van der Waals surface area contributed by atoms with Crippen molar-refractivity contribution in [1.29, 1.82) is 0 Å². The second-order valence-corrected chi connectivity index (χ2v) is 14.7. The number of carbonyl (C=O) groups excluding carboxylic acids is 1. The molecule has 50 heavy (non-hydrogen) atoms. The maximum atomic E-state index is 12.3. The van der Waals surface area contributed by atoms with Crippen LogP contribution in [0.25, 0.3) is 0 Å². The molecule has 0 aliphatic carbocycles. The number of rotatable bonds is 38. The molecule has 0 aromatic heterocycles. The van der Waals surface area contributed by atoms with Gasteiger partial charge in [0.05, 0.1) is 19.5 Å². The van der Waals surface area contributed by atoms with Gasteiger partial charge in [0.2, 0.25) is 0 Å². The molecule has 0 bridgehead atoms. The molecule has 9 heteroatoms. The lowest BCUT2D eigenvalue weighted by Crippen LogP contribution is -2.25. The van der Waals surface area contributed by atoms with Crippen molar-refractivity contribution < 1.29 is 32.8 Å². The predicted octanol–water partition coefficient (Wildman–Crippen LogP) is 12.0. The van der Waals surface area contributed by atoms with Gasteiger partial charge in [-0.15, -0.1) is 0 Å². The summed E-state index contributed by atoms with van der Waals surface area (Å²) in [5, 5.41) is 0. The van der Waals surface area contributed by atoms with E-state index in [1.807, 2.05) is 6.08 Å². The lowest BCUT2D eigenvalue weighted by Gasteiger charge is -2.19. The molecule has 8 nitrogen and oxygen atoms in total. The van der Waals surface area contributed by atoms with Crippen LogP contribution < -0.4 is 5.73 Å². The molecule has 2 unspecified atom stereocenters. The first-order valence-electron chi connectivity index (χ1n) is 20.2. The van der Waals surface area contributed by atoms with Crippen molar-refractivity contribution in [2.24, 2.45) is 5.73 Å². The minimum absolute atomic E-state index is 0.0906. The summed E-state index contributed by atoms with van der Waals surface area (Å²) in [4.78, 5) is 22.2. The van der Waals surface area contributed by atoms with Gasteiger partial charge in [-0.25, -0.2) is 4.57 Å². The van der Waals surface area contributed by atoms with Crippen LogP contribution in [0.2, 0.25) is 0 Å². The van der Waals surface area contributed by atoms with Crippen LogP contribution in [-0.4, -0.2) is 43.3 Å². The van der Waals surface area contributed by atoms with Crippen LogP contribution in [0, 0.1) is 0 Å². The molecule has 0 amide bonds. The Bertz CT molecular complexity index is 905. The first-order valence-corrected chi connectivity index (χ1v) is 21.7. The number of carbonyl (C=O) groups is 1. The average molecular weight is 726 g/mol. The van der Waals surface area contributed by atoms with E-state index < -0.39 is 13.9 Å². The van der Waals surface area contributed by atoms with Gasteiger partial charge in [0.1, 0.15) is 6.61 Å². The van der Waals surface area contributed by atoms with Gasteiger partial charge < -0.3 is 20.1 Å². The van der Waals surface area contributed by atoms with E-state index in [0.717, 1.165) is 32.1 Å². The van der Waals surface area contributed by atoms with Crippen molar-refractivity contribution in [3.63, 3.8) is 0 Å². The summed E-state index contributed by atoms with van der Waals surface area (Å²) in [6.45, 7) is 4.15. The van der Waals surface area contributed by atoms with Crippen molar-refractivity contribution >= 4 is 13.8 Å².